The molecule has 0 aliphatic carbocycles. The average molecular weight is 217 g/mol. The largest absolute Gasteiger partial charge is 0.271 e. The molecule has 0 bridgehead atoms. The fourth-order valence-corrected chi connectivity index (χ4v) is 1.14. The molecule has 0 aliphatic heterocycles. The molecule has 0 saturated carbocycles. The van der Waals surface area contributed by atoms with Crippen LogP contribution in [0.1, 0.15) is 30.6 Å². The molecule has 0 unspecified atom stereocenters. The van der Waals surface area contributed by atoms with Crippen molar-refractivity contribution in [3.8, 4) is 0 Å². The third kappa shape index (κ3) is 4.04. The lowest BCUT2D eigenvalue weighted by Crippen LogP contribution is -2.17. The Balaban J connectivity index is 2.51. The minimum Gasteiger partial charge on any atom is -0.267 e. The van der Waals surface area contributed by atoms with Crippen molar-refractivity contribution >= 4 is 12.1 Å². The number of carbonyl (C=O) groups is 1. The second-order valence-electron chi connectivity index (χ2n) is 3.29. The van der Waals surface area contributed by atoms with Gasteiger partial charge in [-0.2, -0.15) is 5.10 Å². The number of nitrogens with zero attached hydrogens (tertiary/aromatic N) is 2. The molecule has 1 rings (SSSR count). The molecule has 0 radical (unpaired) electrons. The Kier molecular flexibility index (Phi) is 4.92. The molecule has 4 nitrogen and oxygen atoms in total. The molecular formula is C12H15N3O. The fourth-order valence-electron chi connectivity index (χ4n) is 1.14. The van der Waals surface area contributed by atoms with Gasteiger partial charge in [-0.3, -0.25) is 9.78 Å². The van der Waals surface area contributed by atoms with Gasteiger partial charge in [-0.1, -0.05) is 13.0 Å². The molecule has 0 aromatic carbocycles. The third-order valence-corrected chi connectivity index (χ3v) is 1.90. The Morgan fingerprint density at radius 3 is 2.81 bits per heavy atom. The summed E-state index contributed by atoms with van der Waals surface area (Å²) >= 11 is 0. The monoisotopic (exact) mass is 217 g/mol. The minimum absolute atomic E-state index is 0.233. The van der Waals surface area contributed by atoms with Crippen LogP contribution in [0, 0.1) is 0 Å². The van der Waals surface area contributed by atoms with Crippen molar-refractivity contribution in [3.63, 3.8) is 0 Å². The van der Waals surface area contributed by atoms with Gasteiger partial charge >= 0.3 is 0 Å². The van der Waals surface area contributed by atoms with Crippen molar-refractivity contribution in [2.24, 2.45) is 5.10 Å². The number of rotatable bonds is 4. The normalized spacial score (nSPS) is 11.8. The van der Waals surface area contributed by atoms with Gasteiger partial charge in [0.25, 0.3) is 5.91 Å². The number of nitrogens with one attached hydrogen (secondary N) is 1. The summed E-state index contributed by atoms with van der Waals surface area (Å²) in [7, 11) is 0. The van der Waals surface area contributed by atoms with E-state index in [2.05, 4.69) is 15.5 Å². The zero-order chi connectivity index (χ0) is 11.8. The van der Waals surface area contributed by atoms with E-state index in [9.17, 15) is 4.79 Å². The summed E-state index contributed by atoms with van der Waals surface area (Å²) in [6.07, 6.45) is 7.75. The fraction of sp³-hybridized carbons (Fsp3) is 0.250. The standard InChI is InChI=1S/C12H15N3O/c1-3-4-10(2)9-14-15-12(16)11-5-7-13-8-6-11/h4-9H,3H2,1-2H3,(H,15,16)/b10-4+,14-9-. The van der Waals surface area contributed by atoms with E-state index in [1.165, 1.54) is 0 Å². The van der Waals surface area contributed by atoms with Crippen LogP contribution in [0.25, 0.3) is 0 Å². The Hall–Kier alpha value is -1.97. The summed E-state index contributed by atoms with van der Waals surface area (Å²) in [5.41, 5.74) is 4.02. The molecule has 0 atom stereocenters. The zero-order valence-electron chi connectivity index (χ0n) is 9.47. The Labute approximate surface area is 95.1 Å². The van der Waals surface area contributed by atoms with E-state index >= 15 is 0 Å². The van der Waals surface area contributed by atoms with Crippen molar-refractivity contribution in [2.75, 3.05) is 0 Å². The van der Waals surface area contributed by atoms with Crippen LogP contribution in [-0.4, -0.2) is 17.1 Å². The summed E-state index contributed by atoms with van der Waals surface area (Å²) in [5, 5.41) is 3.85. The number of hydrogen-bond donors (Lipinski definition) is 1. The summed E-state index contributed by atoms with van der Waals surface area (Å²) < 4.78 is 0. The average Bonchev–Trinajstić information content (AvgIpc) is 2.30. The highest BCUT2D eigenvalue weighted by atomic mass is 16.2. The van der Waals surface area contributed by atoms with E-state index in [1.807, 2.05) is 19.9 Å². The van der Waals surface area contributed by atoms with Crippen LogP contribution in [0.4, 0.5) is 0 Å². The molecule has 84 valence electrons. The van der Waals surface area contributed by atoms with Gasteiger partial charge in [-0.15, -0.1) is 0 Å². The Bertz CT molecular complexity index is 396. The minimum atomic E-state index is -0.233. The second kappa shape index (κ2) is 6.50. The predicted octanol–water partition coefficient (Wildman–Crippen LogP) is 2.15. The molecule has 1 aromatic rings. The van der Waals surface area contributed by atoms with Gasteiger partial charge in [0.1, 0.15) is 0 Å². The number of hydrazone groups is 1. The smallest absolute Gasteiger partial charge is 0.267 e. The SMILES string of the molecule is CC/C=C(C)/C=N\NC(=O)c1ccncc1. The maximum absolute atomic E-state index is 11.5. The van der Waals surface area contributed by atoms with E-state index in [0.29, 0.717) is 5.56 Å². The van der Waals surface area contributed by atoms with Crippen LogP contribution in [0.5, 0.6) is 0 Å². The van der Waals surface area contributed by atoms with Gasteiger partial charge in [-0.05, 0) is 31.1 Å². The van der Waals surface area contributed by atoms with Gasteiger partial charge < -0.3 is 0 Å². The van der Waals surface area contributed by atoms with Gasteiger partial charge in [-0.25, -0.2) is 5.43 Å². The number of hydrogen-bond acceptors (Lipinski definition) is 3. The predicted molar refractivity (Wildman–Crippen MR) is 64.2 cm³/mol. The maximum Gasteiger partial charge on any atom is 0.271 e. The lowest BCUT2D eigenvalue weighted by atomic mass is 10.2. The van der Waals surface area contributed by atoms with Gasteiger partial charge in [0, 0.05) is 24.2 Å². The summed E-state index contributed by atoms with van der Waals surface area (Å²) in [6, 6.07) is 3.28. The number of carbonyl (C=O) groups excluding carboxylic acids is 1. The van der Waals surface area contributed by atoms with Crippen molar-refractivity contribution in [2.45, 2.75) is 20.3 Å². The highest BCUT2D eigenvalue weighted by Crippen LogP contribution is 1.95. The second-order valence-corrected chi connectivity index (χ2v) is 3.29. The van der Waals surface area contributed by atoms with Crippen LogP contribution in [0.15, 0.2) is 41.3 Å². The molecule has 16 heavy (non-hydrogen) atoms. The molecule has 0 aliphatic rings. The first-order valence-corrected chi connectivity index (χ1v) is 5.14. The molecule has 0 fully saturated rings. The number of amides is 1. The van der Waals surface area contributed by atoms with Crippen LogP contribution in [0.2, 0.25) is 0 Å². The van der Waals surface area contributed by atoms with Crippen molar-refractivity contribution in [1.29, 1.82) is 0 Å². The van der Waals surface area contributed by atoms with Gasteiger partial charge in [0.05, 0.1) is 0 Å². The molecular weight excluding hydrogens is 202 g/mol. The highest BCUT2D eigenvalue weighted by Gasteiger charge is 2.01. The van der Waals surface area contributed by atoms with Crippen LogP contribution in [0.3, 0.4) is 0 Å². The van der Waals surface area contributed by atoms with Crippen molar-refractivity contribution in [3.05, 3.63) is 41.7 Å². The lowest BCUT2D eigenvalue weighted by Gasteiger charge is -1.98. The first kappa shape index (κ1) is 12.1. The number of pyridine rings is 1. The molecule has 1 N–H and O–H groups in total. The van der Waals surface area contributed by atoms with E-state index in [1.54, 1.807) is 30.7 Å². The maximum atomic E-state index is 11.5. The summed E-state index contributed by atoms with van der Waals surface area (Å²) in [6.45, 7) is 3.98. The summed E-state index contributed by atoms with van der Waals surface area (Å²) in [4.78, 5) is 15.3. The highest BCUT2D eigenvalue weighted by molar-refractivity contribution is 5.94. The Morgan fingerprint density at radius 1 is 1.50 bits per heavy atom. The first-order valence-electron chi connectivity index (χ1n) is 5.14. The van der Waals surface area contributed by atoms with Crippen molar-refractivity contribution in [1.82, 2.24) is 10.4 Å². The quantitative estimate of drug-likeness (QED) is 0.620. The van der Waals surface area contributed by atoms with E-state index < -0.39 is 0 Å². The lowest BCUT2D eigenvalue weighted by molar-refractivity contribution is 0.0955. The molecule has 1 aromatic heterocycles. The number of allylic oxidation sites excluding steroid dienone is 2. The Morgan fingerprint density at radius 2 is 2.19 bits per heavy atom. The van der Waals surface area contributed by atoms with Crippen LogP contribution < -0.4 is 5.43 Å². The molecule has 0 saturated heterocycles. The molecule has 4 heteroatoms. The van der Waals surface area contributed by atoms with Crippen LogP contribution >= 0.6 is 0 Å². The van der Waals surface area contributed by atoms with E-state index in [0.717, 1.165) is 12.0 Å². The van der Waals surface area contributed by atoms with Gasteiger partial charge in [0.15, 0.2) is 0 Å². The number of aromatic nitrogens is 1. The molecule has 0 spiro atoms. The zero-order valence-corrected chi connectivity index (χ0v) is 9.47. The van der Waals surface area contributed by atoms with E-state index in [4.69, 9.17) is 0 Å². The van der Waals surface area contributed by atoms with E-state index in [-0.39, 0.29) is 5.91 Å². The topological polar surface area (TPSA) is 54.4 Å². The first-order chi connectivity index (χ1) is 7.74. The van der Waals surface area contributed by atoms with Gasteiger partial charge in [0.2, 0.25) is 0 Å². The van der Waals surface area contributed by atoms with Crippen LogP contribution in [-0.2, 0) is 0 Å². The molecule has 1 amide bonds. The van der Waals surface area contributed by atoms with Crippen molar-refractivity contribution < 1.29 is 4.79 Å². The summed E-state index contributed by atoms with van der Waals surface area (Å²) in [5.74, 6) is -0.233. The molecule has 1 heterocycles. The third-order valence-electron chi connectivity index (χ3n) is 1.90.